The Morgan fingerprint density at radius 2 is 1.36 bits per heavy atom. The predicted molar refractivity (Wildman–Crippen MR) is 164 cm³/mol. The van der Waals surface area contributed by atoms with Gasteiger partial charge in [0, 0.05) is 57.6 Å². The fraction of sp³-hybridized carbons (Fsp3) is 0.710. The Labute approximate surface area is 260 Å². The normalized spacial score (nSPS) is 17.4. The summed E-state index contributed by atoms with van der Waals surface area (Å²) in [5.74, 6) is -2.86. The van der Waals surface area contributed by atoms with Crippen molar-refractivity contribution in [2.24, 2.45) is 11.3 Å². The van der Waals surface area contributed by atoms with Gasteiger partial charge in [0.05, 0.1) is 5.92 Å². The van der Waals surface area contributed by atoms with E-state index in [1.54, 1.807) is 0 Å². The Morgan fingerprint density at radius 3 is 1.98 bits per heavy atom. The third-order valence-corrected chi connectivity index (χ3v) is 7.86. The Hall–Kier alpha value is -3.61. The van der Waals surface area contributed by atoms with Crippen molar-refractivity contribution in [3.05, 3.63) is 12.2 Å². The maximum absolute atomic E-state index is 13.0. The molecule has 2 rings (SSSR count). The van der Waals surface area contributed by atoms with E-state index in [-0.39, 0.29) is 61.4 Å². The number of amides is 7. The molecule has 0 aromatic carbocycles. The summed E-state index contributed by atoms with van der Waals surface area (Å²) in [6.45, 7) is 7.47. The van der Waals surface area contributed by atoms with Crippen molar-refractivity contribution in [3.8, 4) is 0 Å². The molecule has 2 aliphatic heterocycles. The standard InChI is InChI=1S/C31H50N6O7/c1-31(2,3)22-21-28(42)37(30(22)44)20-15-25(39)35-23(29(43)34-18-9-6-5-8-16-32-4)11-7-10-17-33-24(38)14-19-36-26(40)12-13-27(36)41/h12-13,22-23,32H,5-11,14-21H2,1-4H3,(H,33,38)(H,34,43)(H,35,39)/t22?,23-/m0/s1. The molecule has 0 saturated carbocycles. The lowest BCUT2D eigenvalue weighted by molar-refractivity contribution is -0.141. The summed E-state index contributed by atoms with van der Waals surface area (Å²) in [6, 6.07) is -0.797. The van der Waals surface area contributed by atoms with E-state index in [2.05, 4.69) is 21.3 Å². The zero-order chi connectivity index (χ0) is 32.7. The van der Waals surface area contributed by atoms with Gasteiger partial charge >= 0.3 is 0 Å². The van der Waals surface area contributed by atoms with Crippen LogP contribution in [-0.2, 0) is 33.6 Å². The van der Waals surface area contributed by atoms with E-state index in [4.69, 9.17) is 0 Å². The second kappa shape index (κ2) is 18.3. The summed E-state index contributed by atoms with van der Waals surface area (Å²) in [5.41, 5.74) is -0.358. The number of nitrogens with zero attached hydrogens (tertiary/aromatic N) is 2. The maximum atomic E-state index is 13.0. The second-order valence-electron chi connectivity index (χ2n) is 12.4. The lowest BCUT2D eigenvalue weighted by Gasteiger charge is -2.25. The topological polar surface area (TPSA) is 174 Å². The molecule has 2 atom stereocenters. The van der Waals surface area contributed by atoms with Crippen LogP contribution < -0.4 is 21.3 Å². The molecule has 0 aromatic heterocycles. The highest BCUT2D eigenvalue weighted by atomic mass is 16.2. The van der Waals surface area contributed by atoms with Crippen molar-refractivity contribution in [2.75, 3.05) is 39.8 Å². The third-order valence-electron chi connectivity index (χ3n) is 7.86. The van der Waals surface area contributed by atoms with E-state index >= 15 is 0 Å². The molecule has 0 aromatic rings. The minimum Gasteiger partial charge on any atom is -0.356 e. The van der Waals surface area contributed by atoms with Crippen LogP contribution >= 0.6 is 0 Å². The number of unbranched alkanes of at least 4 members (excludes halogenated alkanes) is 4. The van der Waals surface area contributed by atoms with Crippen molar-refractivity contribution < 1.29 is 33.6 Å². The van der Waals surface area contributed by atoms with Gasteiger partial charge in [0.1, 0.15) is 6.04 Å². The van der Waals surface area contributed by atoms with Gasteiger partial charge in [-0.25, -0.2) is 0 Å². The van der Waals surface area contributed by atoms with Crippen LogP contribution in [-0.4, -0.2) is 97.0 Å². The first kappa shape index (κ1) is 36.6. The fourth-order valence-corrected chi connectivity index (χ4v) is 5.11. The molecule has 13 heteroatoms. The number of rotatable bonds is 20. The highest BCUT2D eigenvalue weighted by Gasteiger charge is 2.44. The zero-order valence-corrected chi connectivity index (χ0v) is 26.7. The Morgan fingerprint density at radius 1 is 0.795 bits per heavy atom. The summed E-state index contributed by atoms with van der Waals surface area (Å²) in [4.78, 5) is 88.5. The van der Waals surface area contributed by atoms with Gasteiger partial charge in [-0.15, -0.1) is 0 Å². The monoisotopic (exact) mass is 618 g/mol. The fourth-order valence-electron chi connectivity index (χ4n) is 5.11. The number of hydrogen-bond acceptors (Lipinski definition) is 8. The lowest BCUT2D eigenvalue weighted by Crippen LogP contribution is -2.47. The van der Waals surface area contributed by atoms with Crippen LogP contribution in [0.4, 0.5) is 0 Å². The molecule has 0 bridgehead atoms. The van der Waals surface area contributed by atoms with Gasteiger partial charge in [-0.3, -0.25) is 43.4 Å². The first-order valence-electron chi connectivity index (χ1n) is 15.7. The minimum absolute atomic E-state index is 0.00571. The Balaban J connectivity index is 1.80. The largest absolute Gasteiger partial charge is 0.356 e. The van der Waals surface area contributed by atoms with Gasteiger partial charge in [0.15, 0.2) is 0 Å². The molecule has 0 aliphatic carbocycles. The average molecular weight is 619 g/mol. The molecular formula is C31H50N6O7. The van der Waals surface area contributed by atoms with Gasteiger partial charge in [-0.2, -0.15) is 0 Å². The number of likely N-dealkylation sites (tertiary alicyclic amines) is 1. The van der Waals surface area contributed by atoms with E-state index in [0.29, 0.717) is 32.4 Å². The Kier molecular flexibility index (Phi) is 15.2. The molecule has 0 radical (unpaired) electrons. The van der Waals surface area contributed by atoms with Gasteiger partial charge in [0.25, 0.3) is 11.8 Å². The Bertz CT molecular complexity index is 1070. The van der Waals surface area contributed by atoms with Crippen LogP contribution in [0.25, 0.3) is 0 Å². The highest BCUT2D eigenvalue weighted by Crippen LogP contribution is 2.35. The molecule has 7 amide bonds. The van der Waals surface area contributed by atoms with Gasteiger partial charge in [0.2, 0.25) is 29.5 Å². The number of hydrogen-bond donors (Lipinski definition) is 4. The van der Waals surface area contributed by atoms with Gasteiger partial charge in [-0.1, -0.05) is 33.6 Å². The minimum atomic E-state index is -0.797. The van der Waals surface area contributed by atoms with Crippen molar-refractivity contribution in [2.45, 2.75) is 91.0 Å². The van der Waals surface area contributed by atoms with E-state index in [9.17, 15) is 33.6 Å². The van der Waals surface area contributed by atoms with E-state index in [0.717, 1.165) is 42.0 Å². The van der Waals surface area contributed by atoms with Crippen molar-refractivity contribution >= 4 is 41.4 Å². The highest BCUT2D eigenvalue weighted by molar-refractivity contribution is 6.13. The SMILES string of the molecule is CNCCCCCCNC(=O)[C@H](CCCCNC(=O)CCN1C(=O)C=CC1=O)NC(=O)CCN1C(=O)CC(C(C)(C)C)C1=O. The second-order valence-corrected chi connectivity index (χ2v) is 12.4. The van der Waals surface area contributed by atoms with Crippen molar-refractivity contribution in [3.63, 3.8) is 0 Å². The van der Waals surface area contributed by atoms with E-state index in [1.165, 1.54) is 12.2 Å². The number of carbonyl (C=O) groups is 7. The average Bonchev–Trinajstić information content (AvgIpc) is 3.44. The molecule has 1 unspecified atom stereocenters. The quantitative estimate of drug-likeness (QED) is 0.114. The molecule has 44 heavy (non-hydrogen) atoms. The molecule has 1 fully saturated rings. The summed E-state index contributed by atoms with van der Waals surface area (Å²) in [6.07, 6.45) is 7.69. The van der Waals surface area contributed by atoms with Gasteiger partial charge in [-0.05, 0) is 51.1 Å². The molecular weight excluding hydrogens is 568 g/mol. The van der Waals surface area contributed by atoms with Crippen molar-refractivity contribution in [1.29, 1.82) is 0 Å². The van der Waals surface area contributed by atoms with Crippen LogP contribution in [0.3, 0.4) is 0 Å². The van der Waals surface area contributed by atoms with E-state index in [1.807, 2.05) is 27.8 Å². The van der Waals surface area contributed by atoms with E-state index < -0.39 is 29.7 Å². The number of imide groups is 2. The maximum Gasteiger partial charge on any atom is 0.253 e. The van der Waals surface area contributed by atoms with Gasteiger partial charge < -0.3 is 21.3 Å². The summed E-state index contributed by atoms with van der Waals surface area (Å²) >= 11 is 0. The summed E-state index contributed by atoms with van der Waals surface area (Å²) < 4.78 is 0. The molecule has 4 N–H and O–H groups in total. The first-order valence-corrected chi connectivity index (χ1v) is 15.7. The summed E-state index contributed by atoms with van der Waals surface area (Å²) in [5, 5.41) is 11.5. The number of carbonyl (C=O) groups excluding carboxylic acids is 7. The van der Waals surface area contributed by atoms with Crippen LogP contribution in [0.1, 0.15) is 85.0 Å². The smallest absolute Gasteiger partial charge is 0.253 e. The molecule has 13 nitrogen and oxygen atoms in total. The molecule has 246 valence electrons. The summed E-state index contributed by atoms with van der Waals surface area (Å²) in [7, 11) is 1.91. The van der Waals surface area contributed by atoms with Crippen molar-refractivity contribution in [1.82, 2.24) is 31.1 Å². The van der Waals surface area contributed by atoms with Crippen LogP contribution in [0.5, 0.6) is 0 Å². The van der Waals surface area contributed by atoms with Crippen LogP contribution in [0.2, 0.25) is 0 Å². The lowest BCUT2D eigenvalue weighted by atomic mass is 9.80. The molecule has 0 spiro atoms. The third kappa shape index (κ3) is 12.2. The number of nitrogens with one attached hydrogen (secondary N) is 4. The first-order chi connectivity index (χ1) is 20.8. The predicted octanol–water partition coefficient (Wildman–Crippen LogP) is 0.780. The molecule has 2 aliphatic rings. The molecule has 2 heterocycles. The van der Waals surface area contributed by atoms with Crippen LogP contribution in [0, 0.1) is 11.3 Å². The zero-order valence-electron chi connectivity index (χ0n) is 26.7. The molecule has 1 saturated heterocycles. The van der Waals surface area contributed by atoms with Crippen LogP contribution in [0.15, 0.2) is 12.2 Å².